The van der Waals surface area contributed by atoms with Crippen molar-refractivity contribution in [2.24, 2.45) is 11.7 Å². The van der Waals surface area contributed by atoms with Gasteiger partial charge in [0.1, 0.15) is 5.60 Å². The summed E-state index contributed by atoms with van der Waals surface area (Å²) in [6.45, 7) is 9.52. The first-order valence-corrected chi connectivity index (χ1v) is 8.71. The van der Waals surface area contributed by atoms with Crippen molar-refractivity contribution in [2.45, 2.75) is 71.1 Å². The number of carbonyl (C=O) groups is 2. The molecule has 0 aromatic heterocycles. The third kappa shape index (κ3) is 5.37. The molecule has 2 fully saturated rings. The highest BCUT2D eigenvalue weighted by Crippen LogP contribution is 2.30. The molecule has 1 heterocycles. The van der Waals surface area contributed by atoms with E-state index in [0.717, 1.165) is 32.2 Å². The van der Waals surface area contributed by atoms with Gasteiger partial charge in [0.2, 0.25) is 5.91 Å². The first kappa shape index (κ1) is 18.0. The zero-order valence-electron chi connectivity index (χ0n) is 14.9. The standard InChI is InChI=1S/C17H31N3O3/c1-12(18)15(21)19-9-5-6-13(10-19)11-20(14-7-8-14)16(22)23-17(2,3)4/h12-14H,5-11,18H2,1-4H3. The number of ether oxygens (including phenoxy) is 1. The molecular formula is C17H31N3O3. The topological polar surface area (TPSA) is 75.9 Å². The van der Waals surface area contributed by atoms with E-state index in [9.17, 15) is 9.59 Å². The van der Waals surface area contributed by atoms with Crippen molar-refractivity contribution in [3.05, 3.63) is 0 Å². The van der Waals surface area contributed by atoms with Crippen LogP contribution in [-0.2, 0) is 9.53 Å². The molecule has 2 atom stereocenters. The molecule has 1 saturated heterocycles. The Kier molecular flexibility index (Phi) is 5.55. The zero-order valence-corrected chi connectivity index (χ0v) is 14.9. The van der Waals surface area contributed by atoms with Crippen LogP contribution in [0.5, 0.6) is 0 Å². The molecule has 6 nitrogen and oxygen atoms in total. The second-order valence-electron chi connectivity index (χ2n) is 7.95. The summed E-state index contributed by atoms with van der Waals surface area (Å²) in [7, 11) is 0. The molecule has 23 heavy (non-hydrogen) atoms. The number of hydrogen-bond donors (Lipinski definition) is 1. The number of carbonyl (C=O) groups excluding carboxylic acids is 2. The van der Waals surface area contributed by atoms with Crippen LogP contribution in [0, 0.1) is 5.92 Å². The van der Waals surface area contributed by atoms with E-state index in [2.05, 4.69) is 0 Å². The lowest BCUT2D eigenvalue weighted by atomic mass is 9.97. The molecule has 6 heteroatoms. The van der Waals surface area contributed by atoms with Crippen LogP contribution < -0.4 is 5.73 Å². The highest BCUT2D eigenvalue weighted by Gasteiger charge is 2.37. The first-order chi connectivity index (χ1) is 10.7. The minimum absolute atomic E-state index is 0.00457. The van der Waals surface area contributed by atoms with Crippen LogP contribution in [0.3, 0.4) is 0 Å². The SMILES string of the molecule is CC(N)C(=O)N1CCCC(CN(C(=O)OC(C)(C)C)C2CC2)C1. The Hall–Kier alpha value is -1.30. The molecule has 1 saturated carbocycles. The molecule has 1 aliphatic carbocycles. The van der Waals surface area contributed by atoms with Gasteiger partial charge in [0.25, 0.3) is 0 Å². The number of nitrogens with two attached hydrogens (primary N) is 1. The molecule has 2 unspecified atom stereocenters. The third-order valence-electron chi connectivity index (χ3n) is 4.29. The van der Waals surface area contributed by atoms with Gasteiger partial charge in [-0.05, 0) is 59.3 Å². The molecule has 2 N–H and O–H groups in total. The maximum Gasteiger partial charge on any atom is 0.410 e. The molecule has 2 rings (SSSR count). The van der Waals surface area contributed by atoms with E-state index in [1.54, 1.807) is 6.92 Å². The fraction of sp³-hybridized carbons (Fsp3) is 0.882. The average Bonchev–Trinajstić information content (AvgIpc) is 3.26. The molecule has 2 amide bonds. The summed E-state index contributed by atoms with van der Waals surface area (Å²) in [4.78, 5) is 28.3. The largest absolute Gasteiger partial charge is 0.444 e. The molecule has 0 bridgehead atoms. The van der Waals surface area contributed by atoms with Crippen molar-refractivity contribution in [1.82, 2.24) is 9.80 Å². The number of nitrogens with zero attached hydrogens (tertiary/aromatic N) is 2. The van der Waals surface area contributed by atoms with Gasteiger partial charge in [0.15, 0.2) is 0 Å². The summed E-state index contributed by atoms with van der Waals surface area (Å²) >= 11 is 0. The van der Waals surface area contributed by atoms with Crippen molar-refractivity contribution in [1.29, 1.82) is 0 Å². The number of hydrogen-bond acceptors (Lipinski definition) is 4. The van der Waals surface area contributed by atoms with Crippen LogP contribution in [0.4, 0.5) is 4.79 Å². The molecule has 1 aliphatic heterocycles. The minimum Gasteiger partial charge on any atom is -0.444 e. The van der Waals surface area contributed by atoms with Crippen molar-refractivity contribution < 1.29 is 14.3 Å². The minimum atomic E-state index is -0.478. The Labute approximate surface area is 139 Å². The van der Waals surface area contributed by atoms with Crippen molar-refractivity contribution in [3.63, 3.8) is 0 Å². The lowest BCUT2D eigenvalue weighted by molar-refractivity contribution is -0.134. The van der Waals surface area contributed by atoms with E-state index in [4.69, 9.17) is 10.5 Å². The molecule has 0 radical (unpaired) electrons. The van der Waals surface area contributed by atoms with Crippen molar-refractivity contribution >= 4 is 12.0 Å². The van der Waals surface area contributed by atoms with Gasteiger partial charge in [-0.15, -0.1) is 0 Å². The van der Waals surface area contributed by atoms with Crippen molar-refractivity contribution in [3.8, 4) is 0 Å². The van der Waals surface area contributed by atoms with Crippen LogP contribution in [0.2, 0.25) is 0 Å². The predicted octanol–water partition coefficient (Wildman–Crippen LogP) is 1.97. The van der Waals surface area contributed by atoms with Crippen LogP contribution in [-0.4, -0.2) is 59.1 Å². The zero-order chi connectivity index (χ0) is 17.2. The van der Waals surface area contributed by atoms with Crippen LogP contribution in [0.15, 0.2) is 0 Å². The van der Waals surface area contributed by atoms with Gasteiger partial charge < -0.3 is 20.3 Å². The molecule has 2 aliphatic rings. The maximum atomic E-state index is 12.4. The molecule has 0 aromatic carbocycles. The molecular weight excluding hydrogens is 294 g/mol. The Morgan fingerprint density at radius 1 is 1.30 bits per heavy atom. The van der Waals surface area contributed by atoms with E-state index < -0.39 is 11.6 Å². The average molecular weight is 325 g/mol. The van der Waals surface area contributed by atoms with E-state index in [1.807, 2.05) is 30.6 Å². The summed E-state index contributed by atoms with van der Waals surface area (Å²) in [5.41, 5.74) is 5.24. The number of amides is 2. The predicted molar refractivity (Wildman–Crippen MR) is 88.9 cm³/mol. The lowest BCUT2D eigenvalue weighted by Gasteiger charge is -2.37. The normalized spacial score (nSPS) is 23.3. The Balaban J connectivity index is 1.94. The highest BCUT2D eigenvalue weighted by atomic mass is 16.6. The number of likely N-dealkylation sites (tertiary alicyclic amines) is 1. The van der Waals surface area contributed by atoms with Gasteiger partial charge in [-0.2, -0.15) is 0 Å². The quantitative estimate of drug-likeness (QED) is 0.857. The second-order valence-corrected chi connectivity index (χ2v) is 7.95. The van der Waals surface area contributed by atoms with Crippen LogP contribution in [0.1, 0.15) is 53.4 Å². The Bertz CT molecular complexity index is 441. The number of piperidine rings is 1. The maximum absolute atomic E-state index is 12.4. The first-order valence-electron chi connectivity index (χ1n) is 8.71. The molecule has 0 spiro atoms. The van der Waals surface area contributed by atoms with Crippen molar-refractivity contribution in [2.75, 3.05) is 19.6 Å². The summed E-state index contributed by atoms with van der Waals surface area (Å²) in [6.07, 6.45) is 3.88. The van der Waals surface area contributed by atoms with Gasteiger partial charge in [-0.25, -0.2) is 4.79 Å². The van der Waals surface area contributed by atoms with Crippen LogP contribution >= 0.6 is 0 Å². The van der Waals surface area contributed by atoms with Gasteiger partial charge in [-0.1, -0.05) is 0 Å². The fourth-order valence-corrected chi connectivity index (χ4v) is 3.06. The summed E-state index contributed by atoms with van der Waals surface area (Å²) < 4.78 is 5.54. The van der Waals surface area contributed by atoms with E-state index in [-0.39, 0.29) is 12.0 Å². The van der Waals surface area contributed by atoms with Gasteiger partial charge >= 0.3 is 6.09 Å². The fourth-order valence-electron chi connectivity index (χ4n) is 3.06. The summed E-state index contributed by atoms with van der Waals surface area (Å²) in [5, 5.41) is 0. The monoisotopic (exact) mass is 325 g/mol. The van der Waals surface area contributed by atoms with E-state index in [0.29, 0.717) is 25.0 Å². The van der Waals surface area contributed by atoms with Gasteiger partial charge in [-0.3, -0.25) is 4.79 Å². The lowest BCUT2D eigenvalue weighted by Crippen LogP contribution is -2.50. The van der Waals surface area contributed by atoms with Crippen LogP contribution in [0.25, 0.3) is 0 Å². The van der Waals surface area contributed by atoms with Gasteiger partial charge in [0.05, 0.1) is 6.04 Å². The van der Waals surface area contributed by atoms with Gasteiger partial charge in [0, 0.05) is 25.7 Å². The van der Waals surface area contributed by atoms with E-state index in [1.165, 1.54) is 0 Å². The summed E-state index contributed by atoms with van der Waals surface area (Å²) in [6, 6.07) is -0.150. The van der Waals surface area contributed by atoms with E-state index >= 15 is 0 Å². The number of rotatable bonds is 4. The Morgan fingerprint density at radius 2 is 1.96 bits per heavy atom. The molecule has 132 valence electrons. The molecule has 0 aromatic rings. The smallest absolute Gasteiger partial charge is 0.410 e. The second kappa shape index (κ2) is 7.07. The highest BCUT2D eigenvalue weighted by molar-refractivity contribution is 5.81. The summed E-state index contributed by atoms with van der Waals surface area (Å²) in [5.74, 6) is 0.310. The Morgan fingerprint density at radius 3 is 2.48 bits per heavy atom. The third-order valence-corrected chi connectivity index (χ3v) is 4.29.